The van der Waals surface area contributed by atoms with E-state index in [2.05, 4.69) is 11.9 Å². The quantitative estimate of drug-likeness (QED) is 0.662. The van der Waals surface area contributed by atoms with Gasteiger partial charge in [-0.25, -0.2) is 18.2 Å². The number of hydrogen-bond acceptors (Lipinski definition) is 4. The maximum atomic E-state index is 14.1. The van der Waals surface area contributed by atoms with Gasteiger partial charge in [0.25, 0.3) is 6.02 Å². The zero-order valence-electron chi connectivity index (χ0n) is 16.9. The Balaban J connectivity index is 1.53. The molecular weight excluding hydrogens is 391 g/mol. The highest BCUT2D eigenvalue weighted by Crippen LogP contribution is 2.39. The van der Waals surface area contributed by atoms with Crippen LogP contribution in [0.25, 0.3) is 0 Å². The van der Waals surface area contributed by atoms with Crippen LogP contribution in [0.3, 0.4) is 0 Å². The number of rotatable bonds is 1. The van der Waals surface area contributed by atoms with Gasteiger partial charge in [0.15, 0.2) is 17.5 Å². The van der Waals surface area contributed by atoms with Crippen LogP contribution in [0.1, 0.15) is 35.6 Å². The highest BCUT2D eigenvalue weighted by molar-refractivity contribution is 5.78. The third-order valence-corrected chi connectivity index (χ3v) is 6.39. The SMILES string of the molecule is CN1CCC[C@@]2(CN=C(N3CCc4ccccc4[C@@H]3c3cc(F)c(F)c(F)c3)O2)C1. The van der Waals surface area contributed by atoms with Crippen LogP contribution in [0.5, 0.6) is 0 Å². The Hall–Kier alpha value is -2.54. The van der Waals surface area contributed by atoms with Crippen LogP contribution in [-0.2, 0) is 11.2 Å². The average molecular weight is 415 g/mol. The largest absolute Gasteiger partial charge is 0.455 e. The van der Waals surface area contributed by atoms with Gasteiger partial charge in [-0.3, -0.25) is 0 Å². The molecule has 1 spiro atoms. The molecule has 2 atom stereocenters. The van der Waals surface area contributed by atoms with Crippen molar-refractivity contribution in [3.05, 3.63) is 70.5 Å². The number of fused-ring (bicyclic) bond motifs is 1. The summed E-state index contributed by atoms with van der Waals surface area (Å²) >= 11 is 0. The average Bonchev–Trinajstić information content (AvgIpc) is 3.13. The van der Waals surface area contributed by atoms with E-state index in [0.29, 0.717) is 24.7 Å². The second-order valence-corrected chi connectivity index (χ2v) is 8.57. The molecule has 0 saturated carbocycles. The maximum Gasteiger partial charge on any atom is 0.288 e. The van der Waals surface area contributed by atoms with Gasteiger partial charge in [-0.1, -0.05) is 24.3 Å². The first-order valence-electron chi connectivity index (χ1n) is 10.4. The Morgan fingerprint density at radius 2 is 1.87 bits per heavy atom. The van der Waals surface area contributed by atoms with Gasteiger partial charge in [0.2, 0.25) is 0 Å². The van der Waals surface area contributed by atoms with Gasteiger partial charge < -0.3 is 14.5 Å². The van der Waals surface area contributed by atoms with Crippen molar-refractivity contribution in [3.8, 4) is 0 Å². The number of halogens is 3. The highest BCUT2D eigenvalue weighted by atomic mass is 19.2. The Bertz CT molecular complexity index is 988. The predicted molar refractivity (Wildman–Crippen MR) is 108 cm³/mol. The molecule has 0 amide bonds. The van der Waals surface area contributed by atoms with Gasteiger partial charge in [-0.15, -0.1) is 0 Å². The molecule has 7 heteroatoms. The lowest BCUT2D eigenvalue weighted by Gasteiger charge is -2.41. The van der Waals surface area contributed by atoms with E-state index in [4.69, 9.17) is 9.73 Å². The minimum absolute atomic E-state index is 0.344. The van der Waals surface area contributed by atoms with Crippen molar-refractivity contribution in [2.75, 3.05) is 33.2 Å². The molecule has 0 aromatic heterocycles. The topological polar surface area (TPSA) is 28.1 Å². The van der Waals surface area contributed by atoms with Gasteiger partial charge in [-0.05, 0) is 61.7 Å². The zero-order chi connectivity index (χ0) is 20.9. The molecule has 5 rings (SSSR count). The van der Waals surface area contributed by atoms with E-state index in [1.54, 1.807) is 0 Å². The number of hydrogen-bond donors (Lipinski definition) is 0. The summed E-state index contributed by atoms with van der Waals surface area (Å²) in [4.78, 5) is 8.93. The fraction of sp³-hybridized carbons (Fsp3) is 0.435. The van der Waals surface area contributed by atoms with Crippen LogP contribution in [0.2, 0.25) is 0 Å². The summed E-state index contributed by atoms with van der Waals surface area (Å²) in [5.74, 6) is -3.83. The number of likely N-dealkylation sites (N-methyl/N-ethyl adjacent to an activating group) is 1. The normalized spacial score (nSPS) is 26.5. The number of nitrogens with zero attached hydrogens (tertiary/aromatic N) is 3. The Morgan fingerprint density at radius 3 is 2.63 bits per heavy atom. The Kier molecular flexibility index (Phi) is 4.73. The minimum atomic E-state index is -1.45. The van der Waals surface area contributed by atoms with Crippen molar-refractivity contribution in [1.82, 2.24) is 9.80 Å². The molecular formula is C23H24F3N3O. The smallest absolute Gasteiger partial charge is 0.288 e. The maximum absolute atomic E-state index is 14.1. The van der Waals surface area contributed by atoms with E-state index in [0.717, 1.165) is 55.6 Å². The summed E-state index contributed by atoms with van der Waals surface area (Å²) in [7, 11) is 2.08. The monoisotopic (exact) mass is 415 g/mol. The van der Waals surface area contributed by atoms with Gasteiger partial charge >= 0.3 is 0 Å². The lowest BCUT2D eigenvalue weighted by Crippen LogP contribution is -2.51. The molecule has 1 fully saturated rings. The summed E-state index contributed by atoms with van der Waals surface area (Å²) in [5, 5.41) is 0. The first-order chi connectivity index (χ1) is 14.5. The number of aliphatic imine (C=N–C) groups is 1. The molecule has 3 heterocycles. The zero-order valence-corrected chi connectivity index (χ0v) is 16.9. The summed E-state index contributed by atoms with van der Waals surface area (Å²) in [6.07, 6.45) is 2.74. The van der Waals surface area contributed by atoms with Crippen LogP contribution in [0, 0.1) is 17.5 Å². The van der Waals surface area contributed by atoms with E-state index in [1.165, 1.54) is 0 Å². The number of ether oxygens (including phenoxy) is 1. The van der Waals surface area contributed by atoms with Crippen LogP contribution >= 0.6 is 0 Å². The highest BCUT2D eigenvalue weighted by Gasteiger charge is 2.44. The third-order valence-electron chi connectivity index (χ3n) is 6.39. The summed E-state index contributed by atoms with van der Waals surface area (Å²) in [6.45, 7) is 3.01. The number of likely N-dealkylation sites (tertiary alicyclic amines) is 1. The molecule has 0 aliphatic carbocycles. The first kappa shape index (κ1) is 19.4. The van der Waals surface area contributed by atoms with E-state index >= 15 is 0 Å². The summed E-state index contributed by atoms with van der Waals surface area (Å²) < 4.78 is 48.3. The molecule has 4 nitrogen and oxygen atoms in total. The van der Waals surface area contributed by atoms with E-state index in [1.807, 2.05) is 29.2 Å². The summed E-state index contributed by atoms with van der Waals surface area (Å²) in [5.41, 5.74) is 2.05. The molecule has 0 N–H and O–H groups in total. The standard InChI is InChI=1S/C23H24F3N3O/c1-28-9-4-8-23(14-28)13-27-22(30-23)29-10-7-15-5-2-3-6-17(15)21(29)16-11-18(24)20(26)19(25)12-16/h2-3,5-6,11-12,21H,4,7-10,13-14H2,1H3/t21-,23+/m0/s1. The molecule has 2 aromatic carbocycles. The summed E-state index contributed by atoms with van der Waals surface area (Å²) in [6, 6.07) is 10.0. The minimum Gasteiger partial charge on any atom is -0.455 e. The van der Waals surface area contributed by atoms with Crippen LogP contribution in [0.15, 0.2) is 41.4 Å². The fourth-order valence-corrected chi connectivity index (χ4v) is 5.02. The molecule has 1 saturated heterocycles. The molecule has 2 aromatic rings. The predicted octanol–water partition coefficient (Wildman–Crippen LogP) is 3.90. The second kappa shape index (κ2) is 7.30. The van der Waals surface area contributed by atoms with Crippen LogP contribution < -0.4 is 0 Å². The van der Waals surface area contributed by atoms with Crippen molar-refractivity contribution in [3.63, 3.8) is 0 Å². The van der Waals surface area contributed by atoms with Crippen molar-refractivity contribution in [2.45, 2.75) is 30.9 Å². The molecule has 3 aliphatic heterocycles. The Labute approximate surface area is 174 Å². The third kappa shape index (κ3) is 3.25. The lowest BCUT2D eigenvalue weighted by molar-refractivity contribution is 0.000247. The molecule has 0 unspecified atom stereocenters. The first-order valence-corrected chi connectivity index (χ1v) is 10.4. The van der Waals surface area contributed by atoms with Crippen molar-refractivity contribution < 1.29 is 17.9 Å². The number of piperidine rings is 1. The van der Waals surface area contributed by atoms with E-state index < -0.39 is 23.5 Å². The van der Waals surface area contributed by atoms with Crippen LogP contribution in [0.4, 0.5) is 13.2 Å². The van der Waals surface area contributed by atoms with Crippen molar-refractivity contribution in [2.24, 2.45) is 4.99 Å². The number of amidine groups is 1. The molecule has 3 aliphatic rings. The van der Waals surface area contributed by atoms with Crippen LogP contribution in [-0.4, -0.2) is 54.6 Å². The number of benzene rings is 2. The molecule has 0 bridgehead atoms. The van der Waals surface area contributed by atoms with Crippen molar-refractivity contribution in [1.29, 1.82) is 0 Å². The fourth-order valence-electron chi connectivity index (χ4n) is 5.02. The second-order valence-electron chi connectivity index (χ2n) is 8.57. The van der Waals surface area contributed by atoms with Gasteiger partial charge in [0.1, 0.15) is 5.60 Å². The molecule has 30 heavy (non-hydrogen) atoms. The van der Waals surface area contributed by atoms with E-state index in [-0.39, 0.29) is 5.60 Å². The van der Waals surface area contributed by atoms with Gasteiger partial charge in [-0.2, -0.15) is 0 Å². The van der Waals surface area contributed by atoms with Gasteiger partial charge in [0, 0.05) is 13.1 Å². The van der Waals surface area contributed by atoms with Gasteiger partial charge in [0.05, 0.1) is 12.6 Å². The lowest BCUT2D eigenvalue weighted by atomic mass is 9.88. The molecule has 158 valence electrons. The molecule has 0 radical (unpaired) electrons. The van der Waals surface area contributed by atoms with Crippen molar-refractivity contribution >= 4 is 6.02 Å². The Morgan fingerprint density at radius 1 is 1.10 bits per heavy atom. The van der Waals surface area contributed by atoms with E-state index in [9.17, 15) is 13.2 Å².